The lowest BCUT2D eigenvalue weighted by Gasteiger charge is -2.12. The van der Waals surface area contributed by atoms with Gasteiger partial charge < -0.3 is 19.5 Å². The lowest BCUT2D eigenvalue weighted by molar-refractivity contribution is -0.138. The lowest BCUT2D eigenvalue weighted by Crippen LogP contribution is -2.15. The van der Waals surface area contributed by atoms with Crippen LogP contribution in [0.1, 0.15) is 11.1 Å². The lowest BCUT2D eigenvalue weighted by atomic mass is 10.2. The van der Waals surface area contributed by atoms with Crippen molar-refractivity contribution in [2.45, 2.75) is 6.61 Å². The van der Waals surface area contributed by atoms with Crippen LogP contribution in [0.4, 0.5) is 5.69 Å². The SMILES string of the molecule is COC(=O)/C=C(/Nc1ccc(C#N)c(OCc2ccccc2)c1)C(=O)OC. The van der Waals surface area contributed by atoms with E-state index in [0.29, 0.717) is 17.0 Å². The summed E-state index contributed by atoms with van der Waals surface area (Å²) in [4.78, 5) is 23.3. The van der Waals surface area contributed by atoms with Crippen molar-refractivity contribution in [1.82, 2.24) is 0 Å². The maximum Gasteiger partial charge on any atom is 0.354 e. The van der Waals surface area contributed by atoms with Gasteiger partial charge in [-0.2, -0.15) is 5.26 Å². The zero-order valence-corrected chi connectivity index (χ0v) is 14.9. The highest BCUT2D eigenvalue weighted by Crippen LogP contribution is 2.25. The number of nitrogens with zero attached hydrogens (tertiary/aromatic N) is 1. The second-order valence-electron chi connectivity index (χ2n) is 5.29. The number of rotatable bonds is 7. The molecule has 138 valence electrons. The average molecular weight is 366 g/mol. The number of anilines is 1. The molecule has 1 N–H and O–H groups in total. The van der Waals surface area contributed by atoms with Gasteiger partial charge in [0.05, 0.1) is 25.9 Å². The van der Waals surface area contributed by atoms with Crippen LogP contribution in [0.5, 0.6) is 5.75 Å². The molecule has 7 heteroatoms. The molecule has 27 heavy (non-hydrogen) atoms. The Hall–Kier alpha value is -3.79. The molecule has 0 fully saturated rings. The van der Waals surface area contributed by atoms with E-state index in [9.17, 15) is 14.9 Å². The number of benzene rings is 2. The normalized spacial score (nSPS) is 10.5. The van der Waals surface area contributed by atoms with Crippen LogP contribution in [0.15, 0.2) is 60.3 Å². The van der Waals surface area contributed by atoms with Crippen LogP contribution in [0.3, 0.4) is 0 Å². The van der Waals surface area contributed by atoms with Gasteiger partial charge in [-0.15, -0.1) is 0 Å². The Morgan fingerprint density at radius 3 is 2.48 bits per heavy atom. The maximum absolute atomic E-state index is 11.8. The molecule has 0 aromatic heterocycles. The number of esters is 2. The van der Waals surface area contributed by atoms with Crippen molar-refractivity contribution in [3.63, 3.8) is 0 Å². The molecule has 0 heterocycles. The molecule has 0 saturated carbocycles. The second kappa shape index (κ2) is 9.63. The van der Waals surface area contributed by atoms with Gasteiger partial charge in [-0.05, 0) is 17.7 Å². The number of carbonyl (C=O) groups excluding carboxylic acids is 2. The first kappa shape index (κ1) is 19.5. The number of nitriles is 1. The van der Waals surface area contributed by atoms with E-state index in [4.69, 9.17) is 4.74 Å². The molecular formula is C20H18N2O5. The van der Waals surface area contributed by atoms with Crippen LogP contribution >= 0.6 is 0 Å². The number of nitrogens with one attached hydrogen (secondary N) is 1. The summed E-state index contributed by atoms with van der Waals surface area (Å²) in [6, 6.07) is 16.2. The van der Waals surface area contributed by atoms with E-state index < -0.39 is 11.9 Å². The summed E-state index contributed by atoms with van der Waals surface area (Å²) in [7, 11) is 2.40. The smallest absolute Gasteiger partial charge is 0.354 e. The van der Waals surface area contributed by atoms with E-state index >= 15 is 0 Å². The molecule has 2 aromatic rings. The summed E-state index contributed by atoms with van der Waals surface area (Å²) >= 11 is 0. The zero-order valence-electron chi connectivity index (χ0n) is 14.9. The third-order valence-corrected chi connectivity index (χ3v) is 3.49. The number of ether oxygens (including phenoxy) is 3. The van der Waals surface area contributed by atoms with Crippen LogP contribution in [0.25, 0.3) is 0 Å². The van der Waals surface area contributed by atoms with Crippen molar-refractivity contribution in [3.8, 4) is 11.8 Å². The van der Waals surface area contributed by atoms with Gasteiger partial charge in [0.1, 0.15) is 24.1 Å². The first-order chi connectivity index (χ1) is 13.1. The van der Waals surface area contributed by atoms with Crippen LogP contribution in [-0.4, -0.2) is 26.2 Å². The highest BCUT2D eigenvalue weighted by Gasteiger charge is 2.14. The third-order valence-electron chi connectivity index (χ3n) is 3.49. The molecule has 0 unspecified atom stereocenters. The zero-order chi connectivity index (χ0) is 19.6. The van der Waals surface area contributed by atoms with Gasteiger partial charge in [-0.3, -0.25) is 0 Å². The van der Waals surface area contributed by atoms with Crippen molar-refractivity contribution in [2.24, 2.45) is 0 Å². The van der Waals surface area contributed by atoms with Gasteiger partial charge in [0.25, 0.3) is 0 Å². The Kier molecular flexibility index (Phi) is 6.97. The van der Waals surface area contributed by atoms with Gasteiger partial charge in [-0.25, -0.2) is 9.59 Å². The molecule has 0 bridgehead atoms. The summed E-state index contributed by atoms with van der Waals surface area (Å²) in [5.74, 6) is -1.11. The molecule has 0 radical (unpaired) electrons. The fourth-order valence-electron chi connectivity index (χ4n) is 2.14. The van der Waals surface area contributed by atoms with Crippen molar-refractivity contribution in [3.05, 3.63) is 71.4 Å². The molecular weight excluding hydrogens is 348 g/mol. The molecule has 0 aliphatic carbocycles. The minimum Gasteiger partial charge on any atom is -0.487 e. The molecule has 0 spiro atoms. The minimum atomic E-state index is -0.739. The molecule has 7 nitrogen and oxygen atoms in total. The van der Waals surface area contributed by atoms with E-state index in [1.165, 1.54) is 14.2 Å². The summed E-state index contributed by atoms with van der Waals surface area (Å²) < 4.78 is 14.9. The molecule has 2 aromatic carbocycles. The van der Waals surface area contributed by atoms with E-state index in [2.05, 4.69) is 20.9 Å². The summed E-state index contributed by atoms with van der Waals surface area (Å²) in [6.07, 6.45) is 0.981. The molecule has 0 amide bonds. The maximum atomic E-state index is 11.8. The van der Waals surface area contributed by atoms with Gasteiger partial charge in [0, 0.05) is 11.8 Å². The molecule has 0 aliphatic rings. The van der Waals surface area contributed by atoms with E-state index in [1.54, 1.807) is 18.2 Å². The van der Waals surface area contributed by atoms with Crippen LogP contribution in [-0.2, 0) is 25.7 Å². The summed E-state index contributed by atoms with van der Waals surface area (Å²) in [5.41, 5.74) is 1.62. The standard InChI is InChI=1S/C20H18N2O5/c1-25-19(23)11-17(20(24)26-2)22-16-9-8-15(12-21)18(10-16)27-13-14-6-4-3-5-7-14/h3-11,22H,13H2,1-2H3/b17-11+. The number of hydrogen-bond acceptors (Lipinski definition) is 7. The molecule has 0 aliphatic heterocycles. The van der Waals surface area contributed by atoms with E-state index in [0.717, 1.165) is 11.6 Å². The average Bonchev–Trinajstić information content (AvgIpc) is 2.71. The monoisotopic (exact) mass is 366 g/mol. The Morgan fingerprint density at radius 2 is 1.85 bits per heavy atom. The van der Waals surface area contributed by atoms with Crippen molar-refractivity contribution in [2.75, 3.05) is 19.5 Å². The Bertz CT molecular complexity index is 885. The molecule has 0 atom stereocenters. The number of methoxy groups -OCH3 is 2. The molecule has 0 saturated heterocycles. The predicted octanol–water partition coefficient (Wildman–Crippen LogP) is 2.78. The topological polar surface area (TPSA) is 97.6 Å². The Morgan fingerprint density at radius 1 is 1.11 bits per heavy atom. The highest BCUT2D eigenvalue weighted by atomic mass is 16.5. The molecule has 2 rings (SSSR count). The minimum absolute atomic E-state index is 0.108. The summed E-state index contributed by atoms with van der Waals surface area (Å²) in [6.45, 7) is 0.279. The fourth-order valence-corrected chi connectivity index (χ4v) is 2.14. The first-order valence-electron chi connectivity index (χ1n) is 7.93. The Labute approximate surface area is 156 Å². The Balaban J connectivity index is 2.24. The van der Waals surface area contributed by atoms with Gasteiger partial charge in [0.2, 0.25) is 0 Å². The predicted molar refractivity (Wildman–Crippen MR) is 97.7 cm³/mol. The van der Waals surface area contributed by atoms with Crippen LogP contribution in [0, 0.1) is 11.3 Å². The number of carbonyl (C=O) groups is 2. The van der Waals surface area contributed by atoms with Gasteiger partial charge in [-0.1, -0.05) is 30.3 Å². The number of hydrogen-bond donors (Lipinski definition) is 1. The van der Waals surface area contributed by atoms with Crippen LogP contribution < -0.4 is 10.1 Å². The van der Waals surface area contributed by atoms with Crippen molar-refractivity contribution >= 4 is 17.6 Å². The quantitative estimate of drug-likeness (QED) is 0.594. The highest BCUT2D eigenvalue weighted by molar-refractivity contribution is 5.98. The van der Waals surface area contributed by atoms with Crippen LogP contribution in [0.2, 0.25) is 0 Å². The van der Waals surface area contributed by atoms with Crippen molar-refractivity contribution < 1.29 is 23.8 Å². The van der Waals surface area contributed by atoms with Crippen molar-refractivity contribution in [1.29, 1.82) is 5.26 Å². The van der Waals surface area contributed by atoms with E-state index in [1.807, 2.05) is 30.3 Å². The fraction of sp³-hybridized carbons (Fsp3) is 0.150. The second-order valence-corrected chi connectivity index (χ2v) is 5.29. The third kappa shape index (κ3) is 5.61. The van der Waals surface area contributed by atoms with Gasteiger partial charge in [0.15, 0.2) is 0 Å². The van der Waals surface area contributed by atoms with Gasteiger partial charge >= 0.3 is 11.9 Å². The first-order valence-corrected chi connectivity index (χ1v) is 7.93. The largest absolute Gasteiger partial charge is 0.487 e. The van der Waals surface area contributed by atoms with E-state index in [-0.39, 0.29) is 12.3 Å². The summed E-state index contributed by atoms with van der Waals surface area (Å²) in [5, 5.41) is 12.0.